The molecule has 0 fully saturated rings. The van der Waals surface area contributed by atoms with Crippen molar-refractivity contribution >= 4 is 0 Å². The standard InChI is InChI=1S/C7H9.C5H5.Ir/c1-7-5-3-2-4-6-7;1-2-4-5-3-1;/h2-3,5H,1,4,6H2;1-3H,4H2;. The van der Waals surface area contributed by atoms with Crippen LogP contribution >= 0.6 is 0 Å². The van der Waals surface area contributed by atoms with Crippen molar-refractivity contribution in [2.24, 2.45) is 0 Å². The predicted octanol–water partition coefficient (Wildman–Crippen LogP) is 3.61. The Labute approximate surface area is 88.1 Å². The molecule has 2 rings (SSSR count). The molecular weight excluding hydrogens is 336 g/mol. The first-order valence-electron chi connectivity index (χ1n) is 4.69. The molecule has 0 aromatic carbocycles. The third-order valence-electron chi connectivity index (χ3n) is 2.17. The van der Waals surface area contributed by atoms with Gasteiger partial charge in [-0.1, -0.05) is 0 Å². The van der Waals surface area contributed by atoms with Crippen molar-refractivity contribution in [1.29, 1.82) is 0 Å². The monoisotopic (exact) mass is 351 g/mol. The summed E-state index contributed by atoms with van der Waals surface area (Å²) in [5.41, 5.74) is 1.68. The summed E-state index contributed by atoms with van der Waals surface area (Å²) in [6, 6.07) is 0. The number of allylic oxidation sites excluding steroid dienone is 8. The molecular formula is C12H14Ir. The molecule has 13 heavy (non-hydrogen) atoms. The van der Waals surface area contributed by atoms with Gasteiger partial charge in [0.2, 0.25) is 0 Å². The molecule has 2 aliphatic carbocycles. The molecule has 0 aromatic heterocycles. The third-order valence-corrected chi connectivity index (χ3v) is 5.66. The van der Waals surface area contributed by atoms with Gasteiger partial charge in [-0.05, 0) is 0 Å². The second kappa shape index (κ2) is 4.74. The Bertz CT molecular complexity index is 292. The molecule has 0 heterocycles. The van der Waals surface area contributed by atoms with Gasteiger partial charge in [0.05, 0.1) is 0 Å². The molecule has 0 N–H and O–H groups in total. The van der Waals surface area contributed by atoms with Crippen LogP contribution in [0, 0.1) is 0 Å². The molecule has 0 bridgehead atoms. The van der Waals surface area contributed by atoms with E-state index in [1.54, 1.807) is 9.66 Å². The first kappa shape index (κ1) is 9.18. The summed E-state index contributed by atoms with van der Waals surface area (Å²) in [5, 5.41) is 0. The molecule has 0 amide bonds. The molecule has 0 unspecified atom stereocenters. The van der Waals surface area contributed by atoms with E-state index in [1.165, 1.54) is 24.2 Å². The average molecular weight is 350 g/mol. The van der Waals surface area contributed by atoms with Crippen LogP contribution in [0.4, 0.5) is 0 Å². The molecule has 0 aromatic rings. The second-order valence-electron chi connectivity index (χ2n) is 3.24. The van der Waals surface area contributed by atoms with E-state index in [-0.39, 0.29) is 17.7 Å². The van der Waals surface area contributed by atoms with Gasteiger partial charge in [-0.25, -0.2) is 0 Å². The summed E-state index contributed by atoms with van der Waals surface area (Å²) in [6.07, 6.45) is 17.4. The van der Waals surface area contributed by atoms with Crippen LogP contribution in [-0.2, 0) is 17.7 Å². The van der Waals surface area contributed by atoms with Crippen LogP contribution in [0.25, 0.3) is 0 Å². The van der Waals surface area contributed by atoms with Gasteiger partial charge in [0.15, 0.2) is 0 Å². The van der Waals surface area contributed by atoms with Crippen molar-refractivity contribution < 1.29 is 17.7 Å². The van der Waals surface area contributed by atoms with Gasteiger partial charge in [-0.15, -0.1) is 0 Å². The summed E-state index contributed by atoms with van der Waals surface area (Å²) in [6.45, 7) is 0. The number of hydrogen-bond donors (Lipinski definition) is 0. The first-order valence-corrected chi connectivity index (χ1v) is 7.58. The van der Waals surface area contributed by atoms with Crippen molar-refractivity contribution in [3.63, 3.8) is 0 Å². The first-order chi connectivity index (χ1) is 6.45. The van der Waals surface area contributed by atoms with Gasteiger partial charge in [-0.2, -0.15) is 0 Å². The third kappa shape index (κ3) is 2.79. The summed E-state index contributed by atoms with van der Waals surface area (Å²) >= 11 is 0.161. The van der Waals surface area contributed by atoms with Crippen LogP contribution in [0.2, 0.25) is 4.93 Å². The Hall–Kier alpha value is -0.391. The molecule has 71 valence electrons. The van der Waals surface area contributed by atoms with E-state index >= 15 is 0 Å². The zero-order valence-corrected chi connectivity index (χ0v) is 10.0. The minimum atomic E-state index is 0.161. The van der Waals surface area contributed by atoms with Crippen LogP contribution in [0.15, 0.2) is 46.1 Å². The Morgan fingerprint density at radius 1 is 1.15 bits per heavy atom. The van der Waals surface area contributed by atoms with Gasteiger partial charge in [0, 0.05) is 0 Å². The second-order valence-corrected chi connectivity index (χ2v) is 6.48. The number of rotatable bonds is 3. The summed E-state index contributed by atoms with van der Waals surface area (Å²) in [4.78, 5) is 1.39. The van der Waals surface area contributed by atoms with Gasteiger partial charge < -0.3 is 0 Å². The van der Waals surface area contributed by atoms with Crippen LogP contribution in [0.1, 0.15) is 19.3 Å². The molecule has 0 saturated carbocycles. The Kier molecular flexibility index (Phi) is 3.34. The van der Waals surface area contributed by atoms with Crippen molar-refractivity contribution in [2.45, 2.75) is 24.2 Å². The summed E-state index contributed by atoms with van der Waals surface area (Å²) < 4.78 is 1.72. The van der Waals surface area contributed by atoms with E-state index < -0.39 is 0 Å². The maximum absolute atomic E-state index is 2.32. The van der Waals surface area contributed by atoms with Gasteiger partial charge >= 0.3 is 88.0 Å². The topological polar surface area (TPSA) is 0 Å². The van der Waals surface area contributed by atoms with Crippen molar-refractivity contribution in [3.8, 4) is 0 Å². The van der Waals surface area contributed by atoms with Crippen molar-refractivity contribution in [3.05, 3.63) is 46.1 Å². The van der Waals surface area contributed by atoms with E-state index in [0.717, 1.165) is 0 Å². The number of hydrogen-bond acceptors (Lipinski definition) is 0. The predicted molar refractivity (Wildman–Crippen MR) is 53.1 cm³/mol. The van der Waals surface area contributed by atoms with Crippen LogP contribution < -0.4 is 0 Å². The Balaban J connectivity index is 1.79. The minimum absolute atomic E-state index is 0.161. The zero-order chi connectivity index (χ0) is 8.93. The molecule has 1 heteroatoms. The van der Waals surface area contributed by atoms with E-state index in [9.17, 15) is 0 Å². The fraction of sp³-hybridized carbons (Fsp3) is 0.333. The van der Waals surface area contributed by atoms with Gasteiger partial charge in [-0.3, -0.25) is 0 Å². The summed E-state index contributed by atoms with van der Waals surface area (Å²) in [7, 11) is 0. The van der Waals surface area contributed by atoms with Crippen molar-refractivity contribution in [1.82, 2.24) is 0 Å². The van der Waals surface area contributed by atoms with E-state index in [4.69, 9.17) is 0 Å². The SMILES string of the molecule is C1=CCCC([CH2][Ir][C]2=CC=CC2)=C1. The van der Waals surface area contributed by atoms with E-state index in [2.05, 4.69) is 36.5 Å². The molecule has 0 atom stereocenters. The van der Waals surface area contributed by atoms with E-state index in [1.807, 2.05) is 0 Å². The van der Waals surface area contributed by atoms with Crippen LogP contribution in [-0.4, -0.2) is 0 Å². The van der Waals surface area contributed by atoms with Crippen LogP contribution in [0.3, 0.4) is 0 Å². The van der Waals surface area contributed by atoms with E-state index in [0.29, 0.717) is 0 Å². The molecule has 0 saturated heterocycles. The molecule has 2 aliphatic rings. The quantitative estimate of drug-likeness (QED) is 0.729. The van der Waals surface area contributed by atoms with Gasteiger partial charge in [0.1, 0.15) is 0 Å². The maximum atomic E-state index is 2.32. The molecule has 0 spiro atoms. The fourth-order valence-corrected chi connectivity index (χ4v) is 4.34. The molecule has 0 radical (unpaired) electrons. The normalized spacial score (nSPS) is 20.6. The van der Waals surface area contributed by atoms with Gasteiger partial charge in [0.25, 0.3) is 0 Å². The molecule has 0 nitrogen and oxygen atoms in total. The van der Waals surface area contributed by atoms with Crippen molar-refractivity contribution in [2.75, 3.05) is 0 Å². The Morgan fingerprint density at radius 2 is 2.08 bits per heavy atom. The van der Waals surface area contributed by atoms with Crippen LogP contribution in [0.5, 0.6) is 0 Å². The fourth-order valence-electron chi connectivity index (χ4n) is 1.40. The zero-order valence-electron chi connectivity index (χ0n) is 7.63. The molecule has 0 aliphatic heterocycles. The Morgan fingerprint density at radius 3 is 2.77 bits per heavy atom. The summed E-state index contributed by atoms with van der Waals surface area (Å²) in [5.74, 6) is 0. The average Bonchev–Trinajstić information content (AvgIpc) is 2.69.